The Balaban J connectivity index is 1.56. The van der Waals surface area contributed by atoms with Crippen molar-refractivity contribution in [2.24, 2.45) is 10.2 Å². The molecule has 202 valence electrons. The second kappa shape index (κ2) is 10.1. The first kappa shape index (κ1) is 26.8. The first-order valence-electron chi connectivity index (χ1n) is 11.4. The molecule has 0 atom stereocenters. The highest BCUT2D eigenvalue weighted by Crippen LogP contribution is 2.30. The summed E-state index contributed by atoms with van der Waals surface area (Å²) >= 11 is 0. The molecule has 0 aliphatic rings. The molecular weight excluding hydrogens is 560 g/mol. The molecule has 0 aliphatic heterocycles. The summed E-state index contributed by atoms with van der Waals surface area (Å²) in [7, 11) is -8.99. The number of hydrogen-bond donors (Lipinski definition) is 4. The molecule has 5 aromatic rings. The zero-order valence-corrected chi connectivity index (χ0v) is 21.8. The third-order valence-electron chi connectivity index (χ3n) is 5.98. The lowest BCUT2D eigenvalue weighted by Gasteiger charge is -2.09. The van der Waals surface area contributed by atoms with Gasteiger partial charge in [-0.1, -0.05) is 48.5 Å². The number of hydrogen-bond acceptors (Lipinski definition) is 10. The normalized spacial score (nSPS) is 13.2. The van der Waals surface area contributed by atoms with Crippen molar-refractivity contribution in [1.29, 1.82) is 0 Å². The fourth-order valence-electron chi connectivity index (χ4n) is 4.16. The lowest BCUT2D eigenvalue weighted by atomic mass is 10.1. The molecule has 12 nitrogen and oxygen atoms in total. The van der Waals surface area contributed by atoms with Crippen LogP contribution in [-0.4, -0.2) is 25.9 Å². The molecule has 0 aliphatic carbocycles. The first-order chi connectivity index (χ1) is 18.9. The predicted octanol–water partition coefficient (Wildman–Crippen LogP) is 1.94. The molecule has 0 amide bonds. The van der Waals surface area contributed by atoms with Crippen LogP contribution >= 0.6 is 0 Å². The summed E-state index contributed by atoms with van der Waals surface area (Å²) in [5.74, 6) is 0. The Bertz CT molecular complexity index is 2280. The van der Waals surface area contributed by atoms with Crippen LogP contribution in [0.15, 0.2) is 115 Å². The van der Waals surface area contributed by atoms with E-state index in [0.717, 1.165) is 6.07 Å². The minimum Gasteiger partial charge on any atom is -0.287 e. The third-order valence-corrected chi connectivity index (χ3v) is 7.81. The van der Waals surface area contributed by atoms with Gasteiger partial charge in [-0.05, 0) is 36.4 Å². The van der Waals surface area contributed by atoms with Crippen molar-refractivity contribution in [2.45, 2.75) is 9.79 Å². The number of nitrogens with zero attached hydrogens (tertiary/aromatic N) is 2. The van der Waals surface area contributed by atoms with E-state index in [1.54, 1.807) is 36.4 Å². The quantitative estimate of drug-likeness (QED) is 0.171. The number of benzene rings is 5. The van der Waals surface area contributed by atoms with Gasteiger partial charge in [-0.25, -0.2) is 0 Å². The van der Waals surface area contributed by atoms with Crippen LogP contribution < -0.4 is 32.4 Å². The molecule has 4 N–H and O–H groups in total. The minimum atomic E-state index is -4.51. The van der Waals surface area contributed by atoms with Gasteiger partial charge in [0.15, 0.2) is 5.36 Å². The molecule has 0 unspecified atom stereocenters. The van der Waals surface area contributed by atoms with Crippen molar-refractivity contribution in [2.75, 3.05) is 10.9 Å². The van der Waals surface area contributed by atoms with Crippen LogP contribution in [0, 0.1) is 0 Å². The largest absolute Gasteiger partial charge is 0.295 e. The second-order valence-electron chi connectivity index (χ2n) is 8.47. The van der Waals surface area contributed by atoms with Gasteiger partial charge in [-0.3, -0.25) is 29.5 Å². The summed E-state index contributed by atoms with van der Waals surface area (Å²) in [5, 5.41) is 8.56. The fraction of sp³-hybridized carbons (Fsp3) is 0. The number of rotatable bonds is 6. The summed E-state index contributed by atoms with van der Waals surface area (Å²) in [5.41, 5.74) is 4.40. The smallest absolute Gasteiger partial charge is 0.287 e. The maximum atomic E-state index is 13.0. The zero-order valence-electron chi connectivity index (χ0n) is 20.1. The topological polar surface area (TPSA) is 192 Å². The molecule has 0 spiro atoms. The minimum absolute atomic E-state index is 0.172. The van der Waals surface area contributed by atoms with E-state index in [9.17, 15) is 35.5 Å². The van der Waals surface area contributed by atoms with E-state index in [0.29, 0.717) is 16.5 Å². The molecule has 0 bridgehead atoms. The van der Waals surface area contributed by atoms with Gasteiger partial charge in [0.25, 0.3) is 20.2 Å². The molecule has 0 heterocycles. The second-order valence-corrected chi connectivity index (χ2v) is 11.3. The highest BCUT2D eigenvalue weighted by Gasteiger charge is 2.17. The SMILES string of the molecule is O=c1cc/c(=N/Nc2ccc(S(=O)(=O)O)c3ccccc23)c(=O)/c1=N\Nc1ccc(S(=O)(=O)O)c2ccccc12. The van der Waals surface area contributed by atoms with Gasteiger partial charge in [0.1, 0.15) is 15.1 Å². The number of anilines is 2. The van der Waals surface area contributed by atoms with Crippen LogP contribution in [0.1, 0.15) is 0 Å². The van der Waals surface area contributed by atoms with E-state index in [2.05, 4.69) is 21.1 Å². The molecule has 40 heavy (non-hydrogen) atoms. The van der Waals surface area contributed by atoms with Crippen LogP contribution in [0.5, 0.6) is 0 Å². The summed E-state index contributed by atoms with van der Waals surface area (Å²) in [6.07, 6.45) is 0. The van der Waals surface area contributed by atoms with Gasteiger partial charge in [-0.15, -0.1) is 0 Å². The van der Waals surface area contributed by atoms with Crippen LogP contribution in [0.3, 0.4) is 0 Å². The molecule has 0 saturated carbocycles. The van der Waals surface area contributed by atoms with E-state index >= 15 is 0 Å². The van der Waals surface area contributed by atoms with Crippen molar-refractivity contribution in [1.82, 2.24) is 0 Å². The maximum absolute atomic E-state index is 13.0. The summed E-state index contributed by atoms with van der Waals surface area (Å²) in [6.45, 7) is 0. The number of fused-ring (bicyclic) bond motifs is 2. The lowest BCUT2D eigenvalue weighted by Crippen LogP contribution is -2.47. The predicted molar refractivity (Wildman–Crippen MR) is 147 cm³/mol. The Kier molecular flexibility index (Phi) is 6.77. The van der Waals surface area contributed by atoms with Gasteiger partial charge in [0.05, 0.1) is 11.4 Å². The molecule has 5 rings (SSSR count). The van der Waals surface area contributed by atoms with Crippen molar-refractivity contribution in [3.8, 4) is 0 Å². The highest BCUT2D eigenvalue weighted by atomic mass is 32.2. The summed E-state index contributed by atoms with van der Waals surface area (Å²) < 4.78 is 66.0. The van der Waals surface area contributed by atoms with Gasteiger partial charge in [-0.2, -0.15) is 27.0 Å². The Hall–Kier alpha value is -4.76. The van der Waals surface area contributed by atoms with Gasteiger partial charge >= 0.3 is 0 Å². The average molecular weight is 579 g/mol. The summed E-state index contributed by atoms with van der Waals surface area (Å²) in [6, 6.07) is 20.0. The monoisotopic (exact) mass is 578 g/mol. The fourth-order valence-corrected chi connectivity index (χ4v) is 5.55. The Labute approximate surface area is 225 Å². The van der Waals surface area contributed by atoms with E-state index in [1.807, 2.05) is 0 Å². The van der Waals surface area contributed by atoms with Crippen molar-refractivity contribution < 1.29 is 25.9 Å². The first-order valence-corrected chi connectivity index (χ1v) is 14.3. The maximum Gasteiger partial charge on any atom is 0.295 e. The molecule has 0 radical (unpaired) electrons. The van der Waals surface area contributed by atoms with Crippen LogP contribution in [0.25, 0.3) is 21.5 Å². The van der Waals surface area contributed by atoms with Gasteiger partial charge in [0.2, 0.25) is 10.9 Å². The molecule has 5 aromatic carbocycles. The molecule has 0 aromatic heterocycles. The van der Waals surface area contributed by atoms with Crippen LogP contribution in [-0.2, 0) is 20.2 Å². The van der Waals surface area contributed by atoms with E-state index in [1.165, 1.54) is 42.5 Å². The number of nitrogens with one attached hydrogen (secondary N) is 2. The molecule has 0 saturated heterocycles. The lowest BCUT2D eigenvalue weighted by molar-refractivity contribution is 0.482. The van der Waals surface area contributed by atoms with Crippen molar-refractivity contribution in [3.05, 3.63) is 116 Å². The van der Waals surface area contributed by atoms with Crippen LogP contribution in [0.4, 0.5) is 11.4 Å². The Morgan fingerprint density at radius 3 is 1.48 bits per heavy atom. The summed E-state index contributed by atoms with van der Waals surface area (Å²) in [4.78, 5) is 24.9. The highest BCUT2D eigenvalue weighted by molar-refractivity contribution is 7.86. The molecule has 0 fully saturated rings. The molecular formula is C26H18N4O8S2. The van der Waals surface area contributed by atoms with Crippen molar-refractivity contribution >= 4 is 53.2 Å². The van der Waals surface area contributed by atoms with E-state index < -0.39 is 36.5 Å². The van der Waals surface area contributed by atoms with E-state index in [-0.39, 0.29) is 31.6 Å². The standard InChI is InChI=1S/C26H18N4O8S2/c31-22-12-9-21(29-27-19-10-13-23(39(33,34)35)17-7-3-1-5-15(17)19)26(32)25(22)30-28-20-11-14-24(40(36,37)38)18-8-4-2-6-16(18)20/h1-14,27-28H,(H,33,34,35)(H,36,37,38)/b29-21-,30-25-. The zero-order chi connectivity index (χ0) is 28.7. The Morgan fingerprint density at radius 1 is 0.550 bits per heavy atom. The van der Waals surface area contributed by atoms with Gasteiger partial charge in [0, 0.05) is 21.5 Å². The third kappa shape index (κ3) is 5.11. The Morgan fingerprint density at radius 2 is 1.00 bits per heavy atom. The van der Waals surface area contributed by atoms with E-state index in [4.69, 9.17) is 0 Å². The average Bonchev–Trinajstić information content (AvgIpc) is 2.91. The van der Waals surface area contributed by atoms with Crippen LogP contribution in [0.2, 0.25) is 0 Å². The van der Waals surface area contributed by atoms with Gasteiger partial charge < -0.3 is 0 Å². The molecule has 14 heteroatoms. The van der Waals surface area contributed by atoms with Crippen molar-refractivity contribution in [3.63, 3.8) is 0 Å².